The third-order valence-electron chi connectivity index (χ3n) is 11.7. The molecule has 5 aromatic rings. The average Bonchev–Trinajstić information content (AvgIpc) is 4.05. The van der Waals surface area contributed by atoms with Crippen LogP contribution in [-0.4, -0.2) is 115 Å². The molecule has 2 fully saturated rings. The van der Waals surface area contributed by atoms with Gasteiger partial charge >= 0.3 is 0 Å². The number of likely N-dealkylation sites (tertiary alicyclic amines) is 1. The summed E-state index contributed by atoms with van der Waals surface area (Å²) in [6, 6.07) is 13.2. The molecule has 2 aliphatic rings. The summed E-state index contributed by atoms with van der Waals surface area (Å²) in [5, 5.41) is 23.4. The van der Waals surface area contributed by atoms with Gasteiger partial charge < -0.3 is 41.1 Å². The number of halogens is 1. The van der Waals surface area contributed by atoms with Crippen LogP contribution in [0.15, 0.2) is 60.2 Å². The summed E-state index contributed by atoms with van der Waals surface area (Å²) in [5.41, 5.74) is 5.37. The van der Waals surface area contributed by atoms with E-state index >= 15 is 0 Å². The molecule has 2 saturated heterocycles. The second-order valence-corrected chi connectivity index (χ2v) is 20.2. The van der Waals surface area contributed by atoms with Gasteiger partial charge in [0.15, 0.2) is 5.13 Å². The number of piperazine rings is 1. The number of hydrogen-bond donors (Lipinski definition) is 5. The van der Waals surface area contributed by atoms with Crippen molar-refractivity contribution in [3.05, 3.63) is 92.8 Å². The van der Waals surface area contributed by atoms with Gasteiger partial charge in [0.2, 0.25) is 23.6 Å². The molecule has 17 nitrogen and oxygen atoms in total. The zero-order valence-electron chi connectivity index (χ0n) is 38.4. The number of hydrogen-bond acceptors (Lipinski definition) is 14. The smallest absolute Gasteiger partial charge is 0.267 e. The normalized spacial score (nSPS) is 16.7. The summed E-state index contributed by atoms with van der Waals surface area (Å²) in [7, 11) is 0. The predicted octanol–water partition coefficient (Wildman–Crippen LogP) is 6.26. The van der Waals surface area contributed by atoms with Crippen molar-refractivity contribution < 1.29 is 29.1 Å². The Hall–Kier alpha value is -6.02. The van der Waals surface area contributed by atoms with Crippen molar-refractivity contribution in [3.8, 4) is 10.4 Å². The van der Waals surface area contributed by atoms with Crippen LogP contribution >= 0.6 is 34.3 Å². The molecule has 2 aromatic carbocycles. The fourth-order valence-electron chi connectivity index (χ4n) is 8.05. The largest absolute Gasteiger partial charge is 0.391 e. The van der Waals surface area contributed by atoms with Gasteiger partial charge in [0, 0.05) is 64.6 Å². The van der Waals surface area contributed by atoms with E-state index in [0.717, 1.165) is 27.3 Å². The number of rotatable bonds is 15. The van der Waals surface area contributed by atoms with Crippen LogP contribution in [0.1, 0.15) is 78.8 Å². The number of para-hydroxylation sites is 1. The molecule has 2 aliphatic heterocycles. The van der Waals surface area contributed by atoms with Crippen molar-refractivity contribution in [3.63, 3.8) is 0 Å². The predicted molar refractivity (Wildman–Crippen MR) is 261 cm³/mol. The van der Waals surface area contributed by atoms with Crippen molar-refractivity contribution in [2.75, 3.05) is 48.3 Å². The number of carbonyl (C=O) groups excluding carboxylic acids is 5. The Bertz CT molecular complexity index is 2590. The first-order chi connectivity index (χ1) is 31.9. The third kappa shape index (κ3) is 12.3. The number of benzene rings is 2. The first-order valence-electron chi connectivity index (χ1n) is 22.2. The van der Waals surface area contributed by atoms with Crippen molar-refractivity contribution in [2.45, 2.75) is 92.0 Å². The van der Waals surface area contributed by atoms with E-state index in [1.165, 1.54) is 22.4 Å². The lowest BCUT2D eigenvalue weighted by molar-refractivity contribution is -0.144. The Kier molecular flexibility index (Phi) is 15.5. The highest BCUT2D eigenvalue weighted by atomic mass is 35.5. The number of aliphatic hydroxyl groups excluding tert-OH is 1. The highest BCUT2D eigenvalue weighted by Crippen LogP contribution is 2.31. The molecular weight excluding hydrogens is 914 g/mol. The minimum Gasteiger partial charge on any atom is -0.391 e. The molecule has 0 bridgehead atoms. The number of carbonyl (C=O) groups is 5. The summed E-state index contributed by atoms with van der Waals surface area (Å²) in [6.45, 7) is 13.3. The molecule has 7 rings (SSSR count). The summed E-state index contributed by atoms with van der Waals surface area (Å²) < 4.78 is 0. The van der Waals surface area contributed by atoms with Crippen molar-refractivity contribution in [1.82, 2.24) is 40.4 Å². The van der Waals surface area contributed by atoms with Gasteiger partial charge in [-0.2, -0.15) is 0 Å². The molecule has 0 spiro atoms. The van der Waals surface area contributed by atoms with Crippen LogP contribution in [0.5, 0.6) is 0 Å². The molecular formula is C47H56ClN11O6S2. The molecule has 354 valence electrons. The Morgan fingerprint density at radius 3 is 2.39 bits per heavy atom. The maximum Gasteiger partial charge on any atom is 0.267 e. The van der Waals surface area contributed by atoms with E-state index in [1.54, 1.807) is 35.3 Å². The topological polar surface area (TPSA) is 215 Å². The number of aliphatic hydroxyl groups is 1. The number of aryl methyl sites for hydroxylation is 3. The molecule has 3 aromatic heterocycles. The van der Waals surface area contributed by atoms with Crippen molar-refractivity contribution >= 4 is 86.3 Å². The van der Waals surface area contributed by atoms with Gasteiger partial charge in [-0.15, -0.1) is 11.3 Å². The van der Waals surface area contributed by atoms with Gasteiger partial charge in [-0.3, -0.25) is 24.0 Å². The monoisotopic (exact) mass is 969 g/mol. The molecule has 0 saturated carbocycles. The lowest BCUT2D eigenvalue weighted by Gasteiger charge is -2.36. The Morgan fingerprint density at radius 1 is 0.955 bits per heavy atom. The summed E-state index contributed by atoms with van der Waals surface area (Å²) in [4.78, 5) is 91.7. The highest BCUT2D eigenvalue weighted by molar-refractivity contribution is 7.17. The molecule has 5 amide bonds. The average molecular weight is 971 g/mol. The highest BCUT2D eigenvalue weighted by Gasteiger charge is 2.44. The SMILES string of the molecule is Cc1nc(Nc2ncc(C(=O)Nc3c(C)cccc3Cl)s2)cc(N2CCN(C(=O)CCCC(=O)N[C@H](C(=O)N3C[C@H](O)C[C@H]3C(=O)NCc3ccc(-c4scnc4C)cc3)C(C)(C)C)CC2)n1. The first kappa shape index (κ1) is 48.9. The minimum atomic E-state index is -0.969. The van der Waals surface area contributed by atoms with Crippen LogP contribution in [-0.2, 0) is 25.7 Å². The van der Waals surface area contributed by atoms with E-state index in [0.29, 0.717) is 64.4 Å². The van der Waals surface area contributed by atoms with Gasteiger partial charge in [0.25, 0.3) is 5.91 Å². The maximum absolute atomic E-state index is 14.1. The number of thiazole rings is 2. The second-order valence-electron chi connectivity index (χ2n) is 17.9. The van der Waals surface area contributed by atoms with Gasteiger partial charge in [-0.1, -0.05) is 80.1 Å². The molecule has 0 unspecified atom stereocenters. The van der Waals surface area contributed by atoms with Gasteiger partial charge in [-0.25, -0.2) is 19.9 Å². The van der Waals surface area contributed by atoms with Gasteiger partial charge in [0.05, 0.1) is 39.1 Å². The van der Waals surface area contributed by atoms with Crippen LogP contribution in [0.3, 0.4) is 0 Å². The van der Waals surface area contributed by atoms with Crippen molar-refractivity contribution in [2.24, 2.45) is 5.41 Å². The molecule has 0 radical (unpaired) electrons. The number of amides is 5. The van der Waals surface area contributed by atoms with E-state index in [1.807, 2.05) is 76.5 Å². The number of anilines is 4. The van der Waals surface area contributed by atoms with Crippen LogP contribution < -0.4 is 26.2 Å². The Labute approximate surface area is 402 Å². The van der Waals surface area contributed by atoms with E-state index in [-0.39, 0.29) is 62.4 Å². The number of β-amino-alcohol motifs (C(OH)–C–C–N with tert-alkyl or cyclic N) is 1. The number of nitrogens with zero attached hydrogens (tertiary/aromatic N) is 7. The quantitative estimate of drug-likeness (QED) is 0.0787. The minimum absolute atomic E-state index is 0.0279. The Morgan fingerprint density at radius 2 is 1.70 bits per heavy atom. The number of aromatic nitrogens is 4. The molecule has 5 N–H and O–H groups in total. The van der Waals surface area contributed by atoms with E-state index in [4.69, 9.17) is 11.6 Å². The Balaban J connectivity index is 0.860. The lowest BCUT2D eigenvalue weighted by atomic mass is 9.85. The molecule has 3 atom stereocenters. The summed E-state index contributed by atoms with van der Waals surface area (Å²) in [6.07, 6.45) is 1.16. The summed E-state index contributed by atoms with van der Waals surface area (Å²) in [5.74, 6) is 0.132. The van der Waals surface area contributed by atoms with E-state index in [9.17, 15) is 29.1 Å². The zero-order chi connectivity index (χ0) is 48.0. The number of nitrogens with one attached hydrogen (secondary N) is 4. The van der Waals surface area contributed by atoms with Crippen LogP contribution in [0.2, 0.25) is 5.02 Å². The van der Waals surface area contributed by atoms with Crippen LogP contribution in [0.25, 0.3) is 10.4 Å². The van der Waals surface area contributed by atoms with Crippen LogP contribution in [0.4, 0.5) is 22.5 Å². The van der Waals surface area contributed by atoms with Gasteiger partial charge in [0.1, 0.15) is 34.4 Å². The molecule has 5 heterocycles. The van der Waals surface area contributed by atoms with E-state index < -0.39 is 29.5 Å². The second kappa shape index (κ2) is 21.3. The summed E-state index contributed by atoms with van der Waals surface area (Å²) >= 11 is 9.04. The fourth-order valence-corrected chi connectivity index (χ4v) is 9.85. The lowest BCUT2D eigenvalue weighted by Crippen LogP contribution is -2.57. The molecule has 0 aliphatic carbocycles. The fraction of sp³-hybridized carbons (Fsp3) is 0.426. The van der Waals surface area contributed by atoms with Crippen LogP contribution in [0, 0.1) is 26.2 Å². The standard InChI is InChI=1S/C47H56ClN11O6S2/c1-27-9-7-10-33(48)40(27)56-44(64)35-24-50-46(67-35)54-36-22-37(53-29(3)52-36)57-17-19-58(20-18-57)39(62)12-8-11-38(61)55-42(47(4,5)6)45(65)59-25-32(60)21-34(59)43(63)49-23-30-13-15-31(16-14-30)41-28(2)51-26-66-41/h7,9-10,13-16,22,24,26,32,34,42,60H,8,11-12,17-21,23,25H2,1-6H3,(H,49,63)(H,55,61)(H,56,64)(H,50,52,53,54)/t32-,34+,42-/m1/s1. The zero-order valence-corrected chi connectivity index (χ0v) is 40.8. The third-order valence-corrected chi connectivity index (χ3v) is 13.9. The maximum atomic E-state index is 14.1. The van der Waals surface area contributed by atoms with Crippen molar-refractivity contribution in [1.29, 1.82) is 0 Å². The molecule has 67 heavy (non-hydrogen) atoms. The van der Waals surface area contributed by atoms with Gasteiger partial charge in [-0.05, 0) is 55.4 Å². The molecule has 20 heteroatoms. The van der Waals surface area contributed by atoms with E-state index in [2.05, 4.69) is 46.1 Å². The first-order valence-corrected chi connectivity index (χ1v) is 24.2.